The van der Waals surface area contributed by atoms with Crippen molar-refractivity contribution in [3.05, 3.63) is 71.3 Å². The van der Waals surface area contributed by atoms with Crippen LogP contribution in [0.4, 0.5) is 13.2 Å². The number of hydrogen-bond acceptors (Lipinski definition) is 7. The number of rotatable bonds is 3. The Hall–Kier alpha value is -3.67. The number of sulfone groups is 1. The summed E-state index contributed by atoms with van der Waals surface area (Å²) in [5.41, 5.74) is 0.156. The van der Waals surface area contributed by atoms with Crippen molar-refractivity contribution in [1.82, 2.24) is 24.5 Å². The first kappa shape index (κ1) is 22.1. The second-order valence-electron chi connectivity index (χ2n) is 7.94. The van der Waals surface area contributed by atoms with Crippen molar-refractivity contribution in [3.63, 3.8) is 0 Å². The Morgan fingerprint density at radius 2 is 1.88 bits per heavy atom. The molecule has 0 bridgehead atoms. The number of halogens is 3. The molecule has 0 N–H and O–H groups in total. The fourth-order valence-electron chi connectivity index (χ4n) is 3.96. The maximum Gasteiger partial charge on any atom is 0.433 e. The van der Waals surface area contributed by atoms with Gasteiger partial charge in [0.25, 0.3) is 5.56 Å². The minimum atomic E-state index is -4.59. The lowest BCUT2D eigenvalue weighted by Gasteiger charge is -2.14. The second-order valence-corrected chi connectivity index (χ2v) is 10.2. The van der Waals surface area contributed by atoms with Crippen LogP contribution < -0.4 is 5.56 Å². The van der Waals surface area contributed by atoms with Crippen molar-refractivity contribution >= 4 is 20.7 Å². The molecule has 12 heteroatoms. The van der Waals surface area contributed by atoms with Crippen molar-refractivity contribution < 1.29 is 21.6 Å². The molecule has 1 aliphatic heterocycles. The van der Waals surface area contributed by atoms with Crippen LogP contribution in [-0.2, 0) is 16.0 Å². The molecule has 174 valence electrons. The molecule has 5 heterocycles. The molecule has 0 radical (unpaired) electrons. The molecule has 0 spiro atoms. The van der Waals surface area contributed by atoms with E-state index in [1.807, 2.05) is 0 Å². The lowest BCUT2D eigenvalue weighted by Crippen LogP contribution is -2.26. The van der Waals surface area contributed by atoms with Crippen molar-refractivity contribution in [2.45, 2.75) is 18.6 Å². The molecule has 0 saturated carbocycles. The zero-order valence-electron chi connectivity index (χ0n) is 17.4. The number of alkyl halides is 3. The van der Waals surface area contributed by atoms with E-state index in [0.717, 1.165) is 12.3 Å². The molecule has 1 atom stereocenters. The summed E-state index contributed by atoms with van der Waals surface area (Å²) in [7, 11) is -3.24. The predicted molar refractivity (Wildman–Crippen MR) is 118 cm³/mol. The highest BCUT2D eigenvalue weighted by atomic mass is 32.2. The van der Waals surface area contributed by atoms with Crippen LogP contribution in [-0.4, -0.2) is 44.4 Å². The Morgan fingerprint density at radius 1 is 1.06 bits per heavy atom. The fourth-order valence-corrected chi connectivity index (χ4v) is 5.67. The lowest BCUT2D eigenvalue weighted by atomic mass is 10.1. The molecule has 1 unspecified atom stereocenters. The van der Waals surface area contributed by atoms with Gasteiger partial charge in [-0.25, -0.2) is 18.4 Å². The molecule has 5 rings (SSSR count). The molecule has 1 aliphatic rings. The highest BCUT2D eigenvalue weighted by Gasteiger charge is 2.32. The van der Waals surface area contributed by atoms with Gasteiger partial charge in [-0.1, -0.05) is 0 Å². The third-order valence-corrected chi connectivity index (χ3v) is 7.41. The zero-order chi connectivity index (χ0) is 24.1. The summed E-state index contributed by atoms with van der Waals surface area (Å²) in [6.07, 6.45) is 1.17. The van der Waals surface area contributed by atoms with Gasteiger partial charge in [-0.15, -0.1) is 0 Å². The van der Waals surface area contributed by atoms with Crippen LogP contribution in [0.2, 0.25) is 0 Å². The number of aromatic nitrogens is 5. The topological polar surface area (TPSA) is 108 Å². The Balaban J connectivity index is 1.72. The van der Waals surface area contributed by atoms with Gasteiger partial charge < -0.3 is 0 Å². The van der Waals surface area contributed by atoms with Crippen LogP contribution in [0.15, 0.2) is 60.0 Å². The minimum absolute atomic E-state index is 0.0120. The minimum Gasteiger partial charge on any atom is -0.295 e. The second kappa shape index (κ2) is 7.97. The summed E-state index contributed by atoms with van der Waals surface area (Å²) in [5, 5.41) is 0.163. The van der Waals surface area contributed by atoms with E-state index in [0.29, 0.717) is 17.7 Å². The van der Waals surface area contributed by atoms with Crippen molar-refractivity contribution in [1.29, 1.82) is 0 Å². The average Bonchev–Trinajstić information content (AvgIpc) is 3.18. The summed E-state index contributed by atoms with van der Waals surface area (Å²) >= 11 is 0. The maximum atomic E-state index is 13.4. The quantitative estimate of drug-likeness (QED) is 0.436. The van der Waals surface area contributed by atoms with Crippen LogP contribution >= 0.6 is 0 Å². The van der Waals surface area contributed by atoms with Gasteiger partial charge in [0, 0.05) is 29.7 Å². The van der Waals surface area contributed by atoms with Gasteiger partial charge in [0.05, 0.1) is 40.6 Å². The molecule has 8 nitrogen and oxygen atoms in total. The van der Waals surface area contributed by atoms with Gasteiger partial charge in [-0.2, -0.15) is 13.2 Å². The summed E-state index contributed by atoms with van der Waals surface area (Å²) in [6, 6.07) is 6.38. The monoisotopic (exact) mass is 487 g/mol. The summed E-state index contributed by atoms with van der Waals surface area (Å²) in [6.45, 7) is 0. The van der Waals surface area contributed by atoms with Gasteiger partial charge in [-0.3, -0.25) is 19.3 Å². The molecule has 0 aliphatic carbocycles. The first-order valence-corrected chi connectivity index (χ1v) is 12.0. The third-order valence-electron chi connectivity index (χ3n) is 5.66. The van der Waals surface area contributed by atoms with Crippen LogP contribution in [0.5, 0.6) is 0 Å². The van der Waals surface area contributed by atoms with Gasteiger partial charge in [0.2, 0.25) is 0 Å². The zero-order valence-corrected chi connectivity index (χ0v) is 18.2. The van der Waals surface area contributed by atoms with E-state index in [2.05, 4.69) is 19.9 Å². The molecular formula is C22H16F3N5O3S. The normalized spacial score (nSPS) is 17.8. The fraction of sp³-hybridized carbons (Fsp3) is 0.227. The van der Waals surface area contributed by atoms with Crippen molar-refractivity contribution in [2.75, 3.05) is 11.5 Å². The first-order chi connectivity index (χ1) is 16.1. The first-order valence-electron chi connectivity index (χ1n) is 10.2. The van der Waals surface area contributed by atoms with Crippen LogP contribution in [0.3, 0.4) is 0 Å². The molecule has 1 saturated heterocycles. The van der Waals surface area contributed by atoms with Crippen LogP contribution in [0.25, 0.3) is 33.4 Å². The van der Waals surface area contributed by atoms with E-state index in [1.165, 1.54) is 29.2 Å². The van der Waals surface area contributed by atoms with Crippen LogP contribution in [0.1, 0.15) is 18.2 Å². The molecule has 4 aromatic rings. The molecular weight excluding hydrogens is 471 g/mol. The molecule has 4 aromatic heterocycles. The maximum absolute atomic E-state index is 13.4. The molecule has 34 heavy (non-hydrogen) atoms. The summed E-state index contributed by atoms with van der Waals surface area (Å²) in [5.74, 6) is -0.168. The largest absolute Gasteiger partial charge is 0.433 e. The standard InChI is InChI=1S/C22H16F3N5O3S/c23-22(24,25)18-4-3-13(10-27-18)17-8-16-20(19(29-17)14-2-1-6-26-9-14)28-12-30(21(16)31)15-5-7-34(32,33)11-15/h1-4,6,8-10,12,15H,5,7,11H2. The average molecular weight is 487 g/mol. The Morgan fingerprint density at radius 3 is 2.50 bits per heavy atom. The predicted octanol–water partition coefficient (Wildman–Crippen LogP) is 3.29. The van der Waals surface area contributed by atoms with Gasteiger partial charge in [-0.05, 0) is 36.8 Å². The molecule has 1 fully saturated rings. The Kier molecular flexibility index (Phi) is 5.19. The highest BCUT2D eigenvalue weighted by molar-refractivity contribution is 7.91. The van der Waals surface area contributed by atoms with Crippen molar-refractivity contribution in [2.24, 2.45) is 0 Å². The molecule has 0 aromatic carbocycles. The van der Waals surface area contributed by atoms with Crippen LogP contribution in [0, 0.1) is 0 Å². The number of pyridine rings is 3. The lowest BCUT2D eigenvalue weighted by molar-refractivity contribution is -0.141. The van der Waals surface area contributed by atoms with Gasteiger partial charge >= 0.3 is 6.18 Å². The Bertz CT molecular complexity index is 1550. The van der Waals surface area contributed by atoms with E-state index in [1.54, 1.807) is 18.3 Å². The van der Waals surface area contributed by atoms with E-state index < -0.39 is 33.3 Å². The molecule has 0 amide bonds. The summed E-state index contributed by atoms with van der Waals surface area (Å²) in [4.78, 5) is 29.9. The SMILES string of the molecule is O=c1c2cc(-c3ccc(C(F)(F)F)nc3)nc(-c3cccnc3)c2ncn1C1CCS(=O)(=O)C1. The van der Waals surface area contributed by atoms with Gasteiger partial charge in [0.15, 0.2) is 9.84 Å². The van der Waals surface area contributed by atoms with Gasteiger partial charge in [0.1, 0.15) is 11.2 Å². The Labute approximate surface area is 191 Å². The summed E-state index contributed by atoms with van der Waals surface area (Å²) < 4.78 is 64.0. The third kappa shape index (κ3) is 4.04. The van der Waals surface area contributed by atoms with E-state index >= 15 is 0 Å². The highest BCUT2D eigenvalue weighted by Crippen LogP contribution is 2.31. The number of fused-ring (bicyclic) bond motifs is 1. The number of hydrogen-bond donors (Lipinski definition) is 0. The van der Waals surface area contributed by atoms with E-state index in [4.69, 9.17) is 0 Å². The van der Waals surface area contributed by atoms with Crippen molar-refractivity contribution in [3.8, 4) is 22.5 Å². The van der Waals surface area contributed by atoms with E-state index in [9.17, 15) is 26.4 Å². The smallest absolute Gasteiger partial charge is 0.295 e. The number of nitrogens with zero attached hydrogens (tertiary/aromatic N) is 5. The van der Waals surface area contributed by atoms with E-state index in [-0.39, 0.29) is 33.7 Å².